The minimum Gasteiger partial charge on any atom is -0.465 e. The lowest BCUT2D eigenvalue weighted by molar-refractivity contribution is 0.0360. The third-order valence-corrected chi connectivity index (χ3v) is 4.91. The van der Waals surface area contributed by atoms with Crippen molar-refractivity contribution in [3.05, 3.63) is 70.9 Å². The van der Waals surface area contributed by atoms with Crippen LogP contribution >= 0.6 is 0 Å². The standard InChI is InChI=1S/C20H24N4O2/c1-15-8-9-17(26-15)12-24-11-10-18-20(21-22-23(18)2)19(24)14-25-13-16-6-4-3-5-7-16/h3-9,19H,10-14H2,1-2H3/t19-/m1/s1. The molecule has 0 N–H and O–H groups in total. The van der Waals surface area contributed by atoms with Crippen LogP contribution < -0.4 is 0 Å². The fraction of sp³-hybridized carbons (Fsp3) is 0.400. The highest BCUT2D eigenvalue weighted by Crippen LogP contribution is 2.30. The lowest BCUT2D eigenvalue weighted by atomic mass is 10.0. The van der Waals surface area contributed by atoms with E-state index < -0.39 is 0 Å². The van der Waals surface area contributed by atoms with E-state index in [1.54, 1.807) is 0 Å². The Kier molecular flexibility index (Phi) is 4.86. The Labute approximate surface area is 153 Å². The maximum atomic E-state index is 6.05. The summed E-state index contributed by atoms with van der Waals surface area (Å²) in [5.41, 5.74) is 3.40. The highest BCUT2D eigenvalue weighted by molar-refractivity contribution is 5.20. The highest BCUT2D eigenvalue weighted by atomic mass is 16.5. The molecule has 0 spiro atoms. The number of fused-ring (bicyclic) bond motifs is 1. The molecule has 0 radical (unpaired) electrons. The molecule has 0 saturated carbocycles. The van der Waals surface area contributed by atoms with Gasteiger partial charge in [0.1, 0.15) is 17.2 Å². The number of hydrogen-bond acceptors (Lipinski definition) is 5. The first-order valence-electron chi connectivity index (χ1n) is 9.00. The first-order chi connectivity index (χ1) is 12.7. The molecule has 1 aliphatic rings. The molecule has 3 heterocycles. The lowest BCUT2D eigenvalue weighted by Crippen LogP contribution is -2.38. The summed E-state index contributed by atoms with van der Waals surface area (Å²) in [6.07, 6.45) is 0.938. The fourth-order valence-corrected chi connectivity index (χ4v) is 3.53. The van der Waals surface area contributed by atoms with Crippen molar-refractivity contribution in [2.24, 2.45) is 7.05 Å². The fourth-order valence-electron chi connectivity index (χ4n) is 3.53. The average Bonchev–Trinajstić information content (AvgIpc) is 3.23. The van der Waals surface area contributed by atoms with Crippen molar-refractivity contribution >= 4 is 0 Å². The summed E-state index contributed by atoms with van der Waals surface area (Å²) in [5.74, 6) is 1.91. The largest absolute Gasteiger partial charge is 0.465 e. The maximum Gasteiger partial charge on any atom is 0.118 e. The average molecular weight is 352 g/mol. The molecule has 1 aromatic carbocycles. The minimum absolute atomic E-state index is 0.0848. The monoisotopic (exact) mass is 352 g/mol. The zero-order valence-electron chi connectivity index (χ0n) is 15.3. The number of rotatable bonds is 6. The van der Waals surface area contributed by atoms with Gasteiger partial charge in [-0.2, -0.15) is 0 Å². The lowest BCUT2D eigenvalue weighted by Gasteiger charge is -2.33. The summed E-state index contributed by atoms with van der Waals surface area (Å²) in [7, 11) is 1.96. The van der Waals surface area contributed by atoms with E-state index in [1.165, 1.54) is 11.3 Å². The first-order valence-corrected chi connectivity index (χ1v) is 9.00. The Morgan fingerprint density at radius 1 is 1.19 bits per heavy atom. The zero-order chi connectivity index (χ0) is 17.9. The van der Waals surface area contributed by atoms with Crippen LogP contribution in [0.1, 0.15) is 34.5 Å². The van der Waals surface area contributed by atoms with Gasteiger partial charge in [-0.15, -0.1) is 5.10 Å². The third kappa shape index (κ3) is 3.57. The van der Waals surface area contributed by atoms with Crippen LogP contribution in [0.3, 0.4) is 0 Å². The number of aromatic nitrogens is 3. The number of hydrogen-bond donors (Lipinski definition) is 0. The van der Waals surface area contributed by atoms with E-state index in [2.05, 4.69) is 27.3 Å². The molecule has 4 rings (SSSR count). The minimum atomic E-state index is 0.0848. The van der Waals surface area contributed by atoms with Crippen LogP contribution in [0, 0.1) is 6.92 Å². The van der Waals surface area contributed by atoms with E-state index in [0.717, 1.165) is 36.7 Å². The predicted molar refractivity (Wildman–Crippen MR) is 97.4 cm³/mol. The molecule has 0 amide bonds. The van der Waals surface area contributed by atoms with Crippen molar-refractivity contribution in [2.45, 2.75) is 32.5 Å². The van der Waals surface area contributed by atoms with Crippen molar-refractivity contribution < 1.29 is 9.15 Å². The molecule has 26 heavy (non-hydrogen) atoms. The highest BCUT2D eigenvalue weighted by Gasteiger charge is 2.32. The second-order valence-electron chi connectivity index (χ2n) is 6.79. The number of furan rings is 1. The van der Waals surface area contributed by atoms with Gasteiger partial charge in [-0.05, 0) is 24.6 Å². The molecule has 0 saturated heterocycles. The van der Waals surface area contributed by atoms with E-state index in [4.69, 9.17) is 9.15 Å². The van der Waals surface area contributed by atoms with Gasteiger partial charge >= 0.3 is 0 Å². The Morgan fingerprint density at radius 3 is 2.81 bits per heavy atom. The van der Waals surface area contributed by atoms with Gasteiger partial charge < -0.3 is 9.15 Å². The Balaban J connectivity index is 1.49. The van der Waals surface area contributed by atoms with Crippen LogP contribution in [0.2, 0.25) is 0 Å². The SMILES string of the molecule is Cc1ccc(CN2CCc3c(nnn3C)[C@H]2COCc2ccccc2)o1. The Bertz CT molecular complexity index is 856. The molecular weight excluding hydrogens is 328 g/mol. The van der Waals surface area contributed by atoms with E-state index in [-0.39, 0.29) is 6.04 Å². The summed E-state index contributed by atoms with van der Waals surface area (Å²) in [6.45, 7) is 4.85. The van der Waals surface area contributed by atoms with E-state index in [1.807, 2.05) is 49.0 Å². The van der Waals surface area contributed by atoms with Crippen LogP contribution in [0.4, 0.5) is 0 Å². The summed E-state index contributed by atoms with van der Waals surface area (Å²) < 4.78 is 13.7. The number of ether oxygens (including phenoxy) is 1. The smallest absolute Gasteiger partial charge is 0.118 e. The number of aryl methyl sites for hydroxylation is 2. The quantitative estimate of drug-likeness (QED) is 0.682. The molecule has 0 fully saturated rings. The molecule has 136 valence electrons. The van der Waals surface area contributed by atoms with Crippen molar-refractivity contribution in [3.8, 4) is 0 Å². The third-order valence-electron chi connectivity index (χ3n) is 4.91. The van der Waals surface area contributed by atoms with E-state index in [9.17, 15) is 0 Å². The molecule has 6 nitrogen and oxygen atoms in total. The number of benzene rings is 1. The van der Waals surface area contributed by atoms with Crippen molar-refractivity contribution in [2.75, 3.05) is 13.2 Å². The topological polar surface area (TPSA) is 56.3 Å². The maximum absolute atomic E-state index is 6.05. The van der Waals surface area contributed by atoms with Crippen LogP contribution in [0.5, 0.6) is 0 Å². The molecule has 0 bridgehead atoms. The molecular formula is C20H24N4O2. The van der Waals surface area contributed by atoms with Gasteiger partial charge in [-0.3, -0.25) is 9.58 Å². The summed E-state index contributed by atoms with van der Waals surface area (Å²) in [4.78, 5) is 2.38. The molecule has 0 unspecified atom stereocenters. The van der Waals surface area contributed by atoms with E-state index in [0.29, 0.717) is 13.2 Å². The normalized spacial score (nSPS) is 17.4. The zero-order valence-corrected chi connectivity index (χ0v) is 15.3. The van der Waals surface area contributed by atoms with Gasteiger partial charge in [-0.25, -0.2) is 0 Å². The van der Waals surface area contributed by atoms with Crippen LogP contribution in [0.25, 0.3) is 0 Å². The Hall–Kier alpha value is -2.44. The van der Waals surface area contributed by atoms with E-state index >= 15 is 0 Å². The van der Waals surface area contributed by atoms with Gasteiger partial charge in [0, 0.05) is 20.0 Å². The predicted octanol–water partition coefficient (Wildman–Crippen LogP) is 3.03. The van der Waals surface area contributed by atoms with Crippen molar-refractivity contribution in [1.82, 2.24) is 19.9 Å². The summed E-state index contributed by atoms with van der Waals surface area (Å²) in [6, 6.07) is 14.4. The summed E-state index contributed by atoms with van der Waals surface area (Å²) in [5, 5.41) is 8.64. The number of nitrogens with zero attached hydrogens (tertiary/aromatic N) is 4. The van der Waals surface area contributed by atoms with Crippen molar-refractivity contribution in [3.63, 3.8) is 0 Å². The van der Waals surface area contributed by atoms with Gasteiger partial charge in [0.2, 0.25) is 0 Å². The van der Waals surface area contributed by atoms with Gasteiger partial charge in [-0.1, -0.05) is 35.5 Å². The Morgan fingerprint density at radius 2 is 2.04 bits per heavy atom. The first kappa shape index (κ1) is 17.0. The molecule has 1 aliphatic heterocycles. The molecule has 2 aromatic heterocycles. The molecule has 3 aromatic rings. The molecule has 0 aliphatic carbocycles. The van der Waals surface area contributed by atoms with Gasteiger partial charge in [0.15, 0.2) is 0 Å². The van der Waals surface area contributed by atoms with Gasteiger partial charge in [0.25, 0.3) is 0 Å². The van der Waals surface area contributed by atoms with Crippen molar-refractivity contribution in [1.29, 1.82) is 0 Å². The van der Waals surface area contributed by atoms with Gasteiger partial charge in [0.05, 0.1) is 31.5 Å². The van der Waals surface area contributed by atoms with Crippen LogP contribution in [-0.2, 0) is 31.4 Å². The molecule has 1 atom stereocenters. The second kappa shape index (κ2) is 7.43. The molecule has 6 heteroatoms. The second-order valence-corrected chi connectivity index (χ2v) is 6.79. The summed E-state index contributed by atoms with van der Waals surface area (Å²) >= 11 is 0. The van der Waals surface area contributed by atoms with Crippen LogP contribution in [0.15, 0.2) is 46.9 Å². The van der Waals surface area contributed by atoms with Crippen LogP contribution in [-0.4, -0.2) is 33.0 Å².